The van der Waals surface area contributed by atoms with Crippen LogP contribution in [0.5, 0.6) is 0 Å². The van der Waals surface area contributed by atoms with Crippen LogP contribution in [0.3, 0.4) is 0 Å². The van der Waals surface area contributed by atoms with Gasteiger partial charge in [-0.1, -0.05) is 44.2 Å². The van der Waals surface area contributed by atoms with E-state index in [1.54, 1.807) is 12.1 Å². The van der Waals surface area contributed by atoms with Crippen molar-refractivity contribution in [1.82, 2.24) is 10.2 Å². The van der Waals surface area contributed by atoms with Gasteiger partial charge < -0.3 is 15.1 Å². The Bertz CT molecular complexity index is 710. The lowest BCUT2D eigenvalue weighted by atomic mass is 9.96. The first kappa shape index (κ1) is 18.2. The first-order valence-corrected chi connectivity index (χ1v) is 9.15. The molecule has 1 saturated heterocycles. The Hall–Kier alpha value is -2.56. The third-order valence-electron chi connectivity index (χ3n) is 4.86. The molecule has 0 spiro atoms. The first-order valence-electron chi connectivity index (χ1n) is 9.15. The lowest BCUT2D eigenvalue weighted by molar-refractivity contribution is 0.186. The second-order valence-corrected chi connectivity index (χ2v) is 7.03. The molecule has 138 valence electrons. The molecular weight excluding hydrogens is 329 g/mol. The van der Waals surface area contributed by atoms with Crippen molar-refractivity contribution < 1.29 is 9.18 Å². The number of rotatable bonds is 4. The maximum absolute atomic E-state index is 13.1. The number of carbonyl (C=O) groups excluding carboxylic acids is 1. The van der Waals surface area contributed by atoms with Crippen LogP contribution in [0.4, 0.5) is 14.9 Å². The van der Waals surface area contributed by atoms with Crippen molar-refractivity contribution in [2.24, 2.45) is 5.92 Å². The molecule has 1 heterocycles. The highest BCUT2D eigenvalue weighted by Crippen LogP contribution is 2.22. The number of anilines is 1. The minimum Gasteiger partial charge on any atom is -0.368 e. The molecule has 3 rings (SSSR count). The smallest absolute Gasteiger partial charge is 0.318 e. The Morgan fingerprint density at radius 3 is 2.15 bits per heavy atom. The van der Waals surface area contributed by atoms with Gasteiger partial charge in [-0.2, -0.15) is 0 Å². The molecule has 0 aliphatic carbocycles. The van der Waals surface area contributed by atoms with Crippen molar-refractivity contribution in [2.75, 3.05) is 31.1 Å². The van der Waals surface area contributed by atoms with Crippen LogP contribution in [0.2, 0.25) is 0 Å². The second-order valence-electron chi connectivity index (χ2n) is 7.03. The van der Waals surface area contributed by atoms with E-state index in [1.165, 1.54) is 12.1 Å². The molecular formula is C21H26FN3O. The Labute approximate surface area is 154 Å². The van der Waals surface area contributed by atoms with Gasteiger partial charge in [0.2, 0.25) is 0 Å². The summed E-state index contributed by atoms with van der Waals surface area (Å²) in [6.45, 7) is 7.04. The average Bonchev–Trinajstić information content (AvgIpc) is 2.67. The standard InChI is InChI=1S/C21H26FN3O/c1-16(2)20(17-6-4-3-5-7-17)23-21(26)25-14-12-24(13-15-25)19-10-8-18(22)9-11-19/h3-11,16,20H,12-15H2,1-2H3,(H,23,26). The molecule has 2 amide bonds. The highest BCUT2D eigenvalue weighted by atomic mass is 19.1. The number of hydrogen-bond acceptors (Lipinski definition) is 2. The number of nitrogens with one attached hydrogen (secondary N) is 1. The number of halogens is 1. The van der Waals surface area contributed by atoms with Crippen molar-refractivity contribution in [3.05, 3.63) is 66.0 Å². The highest BCUT2D eigenvalue weighted by Gasteiger charge is 2.25. The number of piperazine rings is 1. The molecule has 1 fully saturated rings. The lowest BCUT2D eigenvalue weighted by Gasteiger charge is -2.37. The minimum atomic E-state index is -0.229. The quantitative estimate of drug-likeness (QED) is 0.898. The van der Waals surface area contributed by atoms with E-state index < -0.39 is 0 Å². The summed E-state index contributed by atoms with van der Waals surface area (Å²) in [5.74, 6) is 0.0780. The predicted molar refractivity (Wildman–Crippen MR) is 103 cm³/mol. The number of carbonyl (C=O) groups is 1. The molecule has 5 heteroatoms. The summed E-state index contributed by atoms with van der Waals surface area (Å²) < 4.78 is 13.1. The van der Waals surface area contributed by atoms with E-state index in [1.807, 2.05) is 23.1 Å². The number of benzene rings is 2. The fourth-order valence-electron chi connectivity index (χ4n) is 3.34. The number of urea groups is 1. The zero-order valence-corrected chi connectivity index (χ0v) is 15.4. The summed E-state index contributed by atoms with van der Waals surface area (Å²) in [4.78, 5) is 16.8. The van der Waals surface area contributed by atoms with Gasteiger partial charge in [0, 0.05) is 31.9 Å². The molecule has 2 aromatic carbocycles. The van der Waals surface area contributed by atoms with E-state index in [4.69, 9.17) is 0 Å². The minimum absolute atomic E-state index is 0.00109. The van der Waals surface area contributed by atoms with E-state index in [0.717, 1.165) is 24.3 Å². The van der Waals surface area contributed by atoms with Crippen molar-refractivity contribution in [1.29, 1.82) is 0 Å². The summed E-state index contributed by atoms with van der Waals surface area (Å²) in [7, 11) is 0. The van der Waals surface area contributed by atoms with E-state index in [2.05, 4.69) is 36.2 Å². The summed E-state index contributed by atoms with van der Waals surface area (Å²) in [5, 5.41) is 3.18. The summed E-state index contributed by atoms with van der Waals surface area (Å²) >= 11 is 0. The second kappa shape index (κ2) is 8.21. The van der Waals surface area contributed by atoms with Crippen LogP contribution in [0.15, 0.2) is 54.6 Å². The van der Waals surface area contributed by atoms with Crippen molar-refractivity contribution in [3.63, 3.8) is 0 Å². The van der Waals surface area contributed by atoms with Crippen LogP contribution in [-0.4, -0.2) is 37.1 Å². The van der Waals surface area contributed by atoms with Crippen molar-refractivity contribution in [3.8, 4) is 0 Å². The van der Waals surface area contributed by atoms with Gasteiger partial charge in [0.1, 0.15) is 5.82 Å². The molecule has 4 nitrogen and oxygen atoms in total. The van der Waals surface area contributed by atoms with E-state index in [0.29, 0.717) is 19.0 Å². The maximum atomic E-state index is 13.1. The molecule has 0 aromatic heterocycles. The molecule has 26 heavy (non-hydrogen) atoms. The topological polar surface area (TPSA) is 35.6 Å². The fraction of sp³-hybridized carbons (Fsp3) is 0.381. The molecule has 0 bridgehead atoms. The third-order valence-corrected chi connectivity index (χ3v) is 4.86. The maximum Gasteiger partial charge on any atom is 0.318 e. The molecule has 0 saturated carbocycles. The van der Waals surface area contributed by atoms with Crippen molar-refractivity contribution in [2.45, 2.75) is 19.9 Å². The van der Waals surface area contributed by atoms with Gasteiger partial charge in [-0.3, -0.25) is 0 Å². The molecule has 1 aliphatic heterocycles. The third kappa shape index (κ3) is 4.34. The Morgan fingerprint density at radius 1 is 0.962 bits per heavy atom. The molecule has 1 unspecified atom stereocenters. The Kier molecular flexibility index (Phi) is 5.76. The molecule has 1 aliphatic rings. The van der Waals surface area contributed by atoms with E-state index in [-0.39, 0.29) is 17.9 Å². The van der Waals surface area contributed by atoms with Gasteiger partial charge >= 0.3 is 6.03 Å². The normalized spacial score (nSPS) is 15.8. The summed E-state index contributed by atoms with van der Waals surface area (Å²) in [5.41, 5.74) is 2.12. The largest absolute Gasteiger partial charge is 0.368 e. The van der Waals surface area contributed by atoms with Gasteiger partial charge in [-0.15, -0.1) is 0 Å². The zero-order valence-electron chi connectivity index (χ0n) is 15.4. The van der Waals surface area contributed by atoms with Crippen LogP contribution < -0.4 is 10.2 Å². The van der Waals surface area contributed by atoms with Crippen LogP contribution in [-0.2, 0) is 0 Å². The van der Waals surface area contributed by atoms with Gasteiger partial charge in [0.05, 0.1) is 6.04 Å². The van der Waals surface area contributed by atoms with Gasteiger partial charge in [0.15, 0.2) is 0 Å². The highest BCUT2D eigenvalue weighted by molar-refractivity contribution is 5.75. The van der Waals surface area contributed by atoms with Crippen LogP contribution >= 0.6 is 0 Å². The molecule has 0 radical (unpaired) electrons. The van der Waals surface area contributed by atoms with Crippen LogP contribution in [0.25, 0.3) is 0 Å². The van der Waals surface area contributed by atoms with Crippen LogP contribution in [0, 0.1) is 11.7 Å². The number of hydrogen-bond donors (Lipinski definition) is 1. The lowest BCUT2D eigenvalue weighted by Crippen LogP contribution is -2.52. The fourth-order valence-corrected chi connectivity index (χ4v) is 3.34. The Balaban J connectivity index is 1.58. The zero-order chi connectivity index (χ0) is 18.5. The van der Waals surface area contributed by atoms with Crippen molar-refractivity contribution >= 4 is 11.7 Å². The summed E-state index contributed by atoms with van der Waals surface area (Å²) in [6.07, 6.45) is 0. The predicted octanol–water partition coefficient (Wildman–Crippen LogP) is 4.05. The summed E-state index contributed by atoms with van der Waals surface area (Å²) in [6, 6.07) is 16.6. The van der Waals surface area contributed by atoms with E-state index >= 15 is 0 Å². The number of nitrogens with zero attached hydrogens (tertiary/aromatic N) is 2. The van der Waals surface area contributed by atoms with Crippen LogP contribution in [0.1, 0.15) is 25.5 Å². The number of amides is 2. The molecule has 1 atom stereocenters. The Morgan fingerprint density at radius 2 is 1.58 bits per heavy atom. The van der Waals surface area contributed by atoms with Gasteiger partial charge in [-0.05, 0) is 35.7 Å². The first-order chi connectivity index (χ1) is 12.5. The molecule has 1 N–H and O–H groups in total. The average molecular weight is 355 g/mol. The van der Waals surface area contributed by atoms with E-state index in [9.17, 15) is 9.18 Å². The van der Waals surface area contributed by atoms with Gasteiger partial charge in [0.25, 0.3) is 0 Å². The van der Waals surface area contributed by atoms with Gasteiger partial charge in [-0.25, -0.2) is 9.18 Å². The monoisotopic (exact) mass is 355 g/mol. The molecule has 2 aromatic rings. The SMILES string of the molecule is CC(C)C(NC(=O)N1CCN(c2ccc(F)cc2)CC1)c1ccccc1.